The van der Waals surface area contributed by atoms with E-state index in [0.29, 0.717) is 28.9 Å². The first-order chi connectivity index (χ1) is 12.7. The van der Waals surface area contributed by atoms with Gasteiger partial charge in [-0.3, -0.25) is 4.79 Å². The number of anilines is 1. The third-order valence-electron chi connectivity index (χ3n) is 4.65. The zero-order valence-electron chi connectivity index (χ0n) is 14.6. The van der Waals surface area contributed by atoms with Crippen molar-refractivity contribution in [1.29, 1.82) is 0 Å². The minimum absolute atomic E-state index is 0.0118. The first-order valence-corrected chi connectivity index (χ1v) is 8.46. The fourth-order valence-corrected chi connectivity index (χ4v) is 3.18. The summed E-state index contributed by atoms with van der Waals surface area (Å²) in [5.41, 5.74) is 2.59. The number of benzene rings is 2. The summed E-state index contributed by atoms with van der Waals surface area (Å²) in [6, 6.07) is 15.6. The van der Waals surface area contributed by atoms with Gasteiger partial charge in [-0.2, -0.15) is 4.68 Å². The normalized spacial score (nSPS) is 18.4. The van der Waals surface area contributed by atoms with Gasteiger partial charge in [0.15, 0.2) is 5.82 Å². The number of carbonyl (C=O) groups is 1. The van der Waals surface area contributed by atoms with Crippen molar-refractivity contribution in [2.45, 2.75) is 19.3 Å². The van der Waals surface area contributed by atoms with Crippen LogP contribution in [0.4, 0.5) is 5.69 Å². The molecule has 2 atom stereocenters. The molecule has 0 aliphatic heterocycles. The molecule has 0 radical (unpaired) electrons. The molecule has 7 nitrogen and oxygen atoms in total. The van der Waals surface area contributed by atoms with E-state index in [2.05, 4.69) is 33.0 Å². The van der Waals surface area contributed by atoms with Crippen LogP contribution in [-0.4, -0.2) is 33.2 Å². The average molecular weight is 349 g/mol. The van der Waals surface area contributed by atoms with Gasteiger partial charge in [-0.15, -0.1) is 5.10 Å². The fraction of sp³-hybridized carbons (Fsp3) is 0.263. The number of nitrogens with one attached hydrogen (secondary N) is 1. The topological polar surface area (TPSA) is 81.9 Å². The SMILES string of the molecule is COc1ccc(NC(=O)[C@@H]2C[C@H]2c2ccccc2)cc1-n1nnnc1C. The molecule has 132 valence electrons. The molecule has 7 heteroatoms. The second-order valence-electron chi connectivity index (χ2n) is 6.37. The Kier molecular flexibility index (Phi) is 4.12. The molecule has 2 aromatic carbocycles. The summed E-state index contributed by atoms with van der Waals surface area (Å²) in [6.45, 7) is 1.80. The van der Waals surface area contributed by atoms with E-state index in [0.717, 1.165) is 6.42 Å². The van der Waals surface area contributed by atoms with Crippen LogP contribution in [0.15, 0.2) is 48.5 Å². The molecule has 1 N–H and O–H groups in total. The van der Waals surface area contributed by atoms with Gasteiger partial charge in [-0.25, -0.2) is 0 Å². The average Bonchev–Trinajstić information content (AvgIpc) is 3.37. The lowest BCUT2D eigenvalue weighted by atomic mass is 10.1. The Bertz CT molecular complexity index is 938. The van der Waals surface area contributed by atoms with Gasteiger partial charge >= 0.3 is 0 Å². The van der Waals surface area contributed by atoms with Crippen molar-refractivity contribution >= 4 is 11.6 Å². The first-order valence-electron chi connectivity index (χ1n) is 8.46. The van der Waals surface area contributed by atoms with E-state index in [1.807, 2.05) is 30.3 Å². The van der Waals surface area contributed by atoms with E-state index >= 15 is 0 Å². The standard InChI is InChI=1S/C19H19N5O2/c1-12-21-22-23-24(12)17-10-14(8-9-18(17)26-2)20-19(25)16-11-15(16)13-6-4-3-5-7-13/h3-10,15-16H,11H2,1-2H3,(H,20,25)/t15-,16+/m0/s1. The summed E-state index contributed by atoms with van der Waals surface area (Å²) in [5.74, 6) is 1.61. The number of tetrazole rings is 1. The number of methoxy groups -OCH3 is 1. The summed E-state index contributed by atoms with van der Waals surface area (Å²) < 4.78 is 6.97. The number of aromatic nitrogens is 4. The smallest absolute Gasteiger partial charge is 0.228 e. The minimum Gasteiger partial charge on any atom is -0.494 e. The lowest BCUT2D eigenvalue weighted by molar-refractivity contribution is -0.117. The molecule has 1 aliphatic rings. The van der Waals surface area contributed by atoms with Gasteiger partial charge in [0.25, 0.3) is 0 Å². The molecule has 0 bridgehead atoms. The van der Waals surface area contributed by atoms with E-state index in [4.69, 9.17) is 4.74 Å². The number of nitrogens with zero attached hydrogens (tertiary/aromatic N) is 4. The van der Waals surface area contributed by atoms with Gasteiger partial charge in [0, 0.05) is 11.6 Å². The van der Waals surface area contributed by atoms with Gasteiger partial charge in [0.2, 0.25) is 5.91 Å². The van der Waals surface area contributed by atoms with Crippen molar-refractivity contribution in [2.75, 3.05) is 12.4 Å². The maximum Gasteiger partial charge on any atom is 0.228 e. The summed E-state index contributed by atoms with van der Waals surface area (Å²) in [6.07, 6.45) is 0.880. The Balaban J connectivity index is 1.52. The molecule has 0 spiro atoms. The third kappa shape index (κ3) is 3.03. The number of carbonyl (C=O) groups excluding carboxylic acids is 1. The number of hydrogen-bond acceptors (Lipinski definition) is 5. The zero-order valence-corrected chi connectivity index (χ0v) is 14.6. The summed E-state index contributed by atoms with van der Waals surface area (Å²) >= 11 is 0. The highest BCUT2D eigenvalue weighted by atomic mass is 16.5. The summed E-state index contributed by atoms with van der Waals surface area (Å²) in [7, 11) is 1.59. The van der Waals surface area contributed by atoms with Crippen LogP contribution in [0.25, 0.3) is 5.69 Å². The number of aryl methyl sites for hydroxylation is 1. The van der Waals surface area contributed by atoms with Crippen molar-refractivity contribution in [1.82, 2.24) is 20.2 Å². The molecule has 0 saturated heterocycles. The van der Waals surface area contributed by atoms with Crippen molar-refractivity contribution in [3.8, 4) is 11.4 Å². The Hall–Kier alpha value is -3.22. The van der Waals surface area contributed by atoms with Crippen molar-refractivity contribution in [2.24, 2.45) is 5.92 Å². The lowest BCUT2D eigenvalue weighted by Gasteiger charge is -2.12. The first kappa shape index (κ1) is 16.3. The van der Waals surface area contributed by atoms with Crippen molar-refractivity contribution < 1.29 is 9.53 Å². The van der Waals surface area contributed by atoms with E-state index in [1.54, 1.807) is 24.8 Å². The van der Waals surface area contributed by atoms with Crippen LogP contribution in [0.3, 0.4) is 0 Å². The predicted octanol–water partition coefficient (Wildman–Crippen LogP) is 2.72. The third-order valence-corrected chi connectivity index (χ3v) is 4.65. The zero-order chi connectivity index (χ0) is 18.1. The molecule has 1 heterocycles. The van der Waals surface area contributed by atoms with Crippen LogP contribution in [0.1, 0.15) is 23.7 Å². The molecule has 4 rings (SSSR count). The van der Waals surface area contributed by atoms with Gasteiger partial charge in [0.1, 0.15) is 11.4 Å². The van der Waals surface area contributed by atoms with Crippen molar-refractivity contribution in [3.05, 3.63) is 59.9 Å². The molecule has 1 fully saturated rings. The highest BCUT2D eigenvalue weighted by molar-refractivity contribution is 5.95. The number of ether oxygens (including phenoxy) is 1. The molecular weight excluding hydrogens is 330 g/mol. The quantitative estimate of drug-likeness (QED) is 0.766. The maximum atomic E-state index is 12.6. The van der Waals surface area contributed by atoms with Crippen molar-refractivity contribution in [3.63, 3.8) is 0 Å². The Morgan fingerprint density at radius 1 is 1.23 bits per heavy atom. The van der Waals surface area contributed by atoms with E-state index in [9.17, 15) is 4.79 Å². The highest BCUT2D eigenvalue weighted by Gasteiger charge is 2.43. The van der Waals surface area contributed by atoms with Crippen LogP contribution < -0.4 is 10.1 Å². The maximum absolute atomic E-state index is 12.6. The largest absolute Gasteiger partial charge is 0.494 e. The van der Waals surface area contributed by atoms with Gasteiger partial charge < -0.3 is 10.1 Å². The molecule has 26 heavy (non-hydrogen) atoms. The minimum atomic E-state index is 0.0118. The van der Waals surface area contributed by atoms with Crippen LogP contribution >= 0.6 is 0 Å². The van der Waals surface area contributed by atoms with Gasteiger partial charge in [-0.1, -0.05) is 30.3 Å². The Morgan fingerprint density at radius 3 is 2.73 bits per heavy atom. The monoisotopic (exact) mass is 349 g/mol. The van der Waals surface area contributed by atoms with Crippen LogP contribution in [-0.2, 0) is 4.79 Å². The number of amides is 1. The van der Waals surface area contributed by atoms with Gasteiger partial charge in [-0.05, 0) is 53.5 Å². The number of hydrogen-bond donors (Lipinski definition) is 1. The summed E-state index contributed by atoms with van der Waals surface area (Å²) in [4.78, 5) is 12.6. The molecule has 1 saturated carbocycles. The second-order valence-corrected chi connectivity index (χ2v) is 6.37. The van der Waals surface area contributed by atoms with Crippen LogP contribution in [0.5, 0.6) is 5.75 Å². The molecule has 0 unspecified atom stereocenters. The number of rotatable bonds is 5. The lowest BCUT2D eigenvalue weighted by Crippen LogP contribution is -2.15. The second kappa shape index (κ2) is 6.59. The molecule has 3 aromatic rings. The Morgan fingerprint density at radius 2 is 2.04 bits per heavy atom. The predicted molar refractivity (Wildman–Crippen MR) is 96.4 cm³/mol. The molecule has 1 amide bonds. The summed E-state index contributed by atoms with van der Waals surface area (Å²) in [5, 5.41) is 14.5. The van der Waals surface area contributed by atoms with E-state index < -0.39 is 0 Å². The van der Waals surface area contributed by atoms with Gasteiger partial charge in [0.05, 0.1) is 7.11 Å². The fourth-order valence-electron chi connectivity index (χ4n) is 3.18. The molecule has 1 aromatic heterocycles. The highest BCUT2D eigenvalue weighted by Crippen LogP contribution is 2.48. The molecule has 1 aliphatic carbocycles. The Labute approximate surface area is 151 Å². The van der Waals surface area contributed by atoms with Crippen LogP contribution in [0, 0.1) is 12.8 Å². The molecular formula is C19H19N5O2. The van der Waals surface area contributed by atoms with E-state index in [1.165, 1.54) is 5.56 Å². The van der Waals surface area contributed by atoms with Crippen LogP contribution in [0.2, 0.25) is 0 Å². The van der Waals surface area contributed by atoms with E-state index in [-0.39, 0.29) is 11.8 Å².